The third-order valence-electron chi connectivity index (χ3n) is 3.81. The molecule has 1 fully saturated rings. The summed E-state index contributed by atoms with van der Waals surface area (Å²) in [7, 11) is 0. The minimum Gasteiger partial charge on any atom is -0.473 e. The molecule has 0 radical (unpaired) electrons. The summed E-state index contributed by atoms with van der Waals surface area (Å²) in [5, 5.41) is 7.72. The van der Waals surface area contributed by atoms with Crippen LogP contribution in [0.2, 0.25) is 0 Å². The van der Waals surface area contributed by atoms with E-state index in [-0.39, 0.29) is 12.0 Å². The molecule has 1 saturated heterocycles. The van der Waals surface area contributed by atoms with Gasteiger partial charge in [0.2, 0.25) is 11.8 Å². The van der Waals surface area contributed by atoms with Gasteiger partial charge in [-0.1, -0.05) is 30.3 Å². The van der Waals surface area contributed by atoms with Crippen LogP contribution >= 0.6 is 0 Å². The Hall–Kier alpha value is -2.69. The highest BCUT2D eigenvalue weighted by atomic mass is 16.5. The van der Waals surface area contributed by atoms with E-state index in [1.807, 2.05) is 41.3 Å². The molecule has 23 heavy (non-hydrogen) atoms. The lowest BCUT2D eigenvalue weighted by atomic mass is 10.1. The van der Waals surface area contributed by atoms with Crippen molar-refractivity contribution in [2.75, 3.05) is 13.1 Å². The molecule has 0 bridgehead atoms. The van der Waals surface area contributed by atoms with Crippen LogP contribution in [0, 0.1) is 0 Å². The Balaban J connectivity index is 1.48. The topological polar surface area (TPSA) is 55.3 Å². The second-order valence-corrected chi connectivity index (χ2v) is 5.45. The summed E-state index contributed by atoms with van der Waals surface area (Å²) in [4.78, 5) is 14.1. The number of amides is 1. The lowest BCUT2D eigenvalue weighted by Gasteiger charge is -2.31. The highest BCUT2D eigenvalue weighted by molar-refractivity contribution is 5.91. The van der Waals surface area contributed by atoms with E-state index in [9.17, 15) is 4.79 Å². The number of aromatic nitrogens is 2. The first-order valence-corrected chi connectivity index (χ1v) is 7.78. The van der Waals surface area contributed by atoms with E-state index in [0.29, 0.717) is 19.0 Å². The van der Waals surface area contributed by atoms with E-state index >= 15 is 0 Å². The number of piperidine rings is 1. The van der Waals surface area contributed by atoms with Crippen molar-refractivity contribution < 1.29 is 9.53 Å². The lowest BCUT2D eigenvalue weighted by Crippen LogP contribution is -2.41. The SMILES string of the molecule is O=C(/C=C/c1ccccc1)N1CCC(Oc2cccnn2)CC1. The van der Waals surface area contributed by atoms with Gasteiger partial charge < -0.3 is 9.64 Å². The Bertz CT molecular complexity index is 650. The molecule has 0 saturated carbocycles. The van der Waals surface area contributed by atoms with Crippen LogP contribution in [0.4, 0.5) is 0 Å². The van der Waals surface area contributed by atoms with Gasteiger partial charge in [-0.25, -0.2) is 0 Å². The standard InChI is InChI=1S/C18H19N3O2/c22-18(9-8-15-5-2-1-3-6-15)21-13-10-16(11-14-21)23-17-7-4-12-19-20-17/h1-9,12,16H,10-11,13-14H2/b9-8+. The molecule has 0 atom stereocenters. The molecule has 2 heterocycles. The molecule has 1 amide bonds. The van der Waals surface area contributed by atoms with Gasteiger partial charge >= 0.3 is 0 Å². The van der Waals surface area contributed by atoms with Crippen molar-refractivity contribution in [2.45, 2.75) is 18.9 Å². The summed E-state index contributed by atoms with van der Waals surface area (Å²) in [5.74, 6) is 0.591. The summed E-state index contributed by atoms with van der Waals surface area (Å²) in [6, 6.07) is 13.4. The van der Waals surface area contributed by atoms with Gasteiger partial charge in [0.15, 0.2) is 0 Å². The normalized spacial score (nSPS) is 15.7. The third kappa shape index (κ3) is 4.39. The van der Waals surface area contributed by atoms with E-state index in [0.717, 1.165) is 18.4 Å². The number of hydrogen-bond acceptors (Lipinski definition) is 4. The van der Waals surface area contributed by atoms with Crippen LogP contribution in [0.1, 0.15) is 18.4 Å². The average Bonchev–Trinajstić information content (AvgIpc) is 2.62. The fraction of sp³-hybridized carbons (Fsp3) is 0.278. The van der Waals surface area contributed by atoms with Gasteiger partial charge in [0.1, 0.15) is 6.10 Å². The third-order valence-corrected chi connectivity index (χ3v) is 3.81. The minimum absolute atomic E-state index is 0.0480. The first kappa shape index (κ1) is 15.2. The Kier molecular flexibility index (Phi) is 4.99. The number of ether oxygens (including phenoxy) is 1. The number of nitrogens with zero attached hydrogens (tertiary/aromatic N) is 3. The number of hydrogen-bond donors (Lipinski definition) is 0. The lowest BCUT2D eigenvalue weighted by molar-refractivity contribution is -0.127. The number of likely N-dealkylation sites (tertiary alicyclic amines) is 1. The summed E-state index contributed by atoms with van der Waals surface area (Å²) < 4.78 is 5.78. The zero-order chi connectivity index (χ0) is 15.9. The van der Waals surface area contributed by atoms with E-state index in [1.54, 1.807) is 24.4 Å². The molecule has 118 valence electrons. The van der Waals surface area contributed by atoms with Crippen molar-refractivity contribution in [2.24, 2.45) is 0 Å². The molecule has 0 unspecified atom stereocenters. The first-order valence-electron chi connectivity index (χ1n) is 7.78. The second-order valence-electron chi connectivity index (χ2n) is 5.45. The van der Waals surface area contributed by atoms with Gasteiger partial charge in [0.05, 0.1) is 0 Å². The number of rotatable bonds is 4. The number of carbonyl (C=O) groups is 1. The maximum atomic E-state index is 12.2. The van der Waals surface area contributed by atoms with Crippen molar-refractivity contribution >= 4 is 12.0 Å². The quantitative estimate of drug-likeness (QED) is 0.815. The molecule has 1 aromatic heterocycles. The summed E-state index contributed by atoms with van der Waals surface area (Å²) in [6.07, 6.45) is 6.81. The molecular weight excluding hydrogens is 290 g/mol. The van der Waals surface area contributed by atoms with Crippen LogP contribution in [0.5, 0.6) is 5.88 Å². The number of benzene rings is 1. The fourth-order valence-electron chi connectivity index (χ4n) is 2.55. The predicted octanol–water partition coefficient (Wildman–Crippen LogP) is 2.56. The highest BCUT2D eigenvalue weighted by Crippen LogP contribution is 2.17. The maximum Gasteiger partial charge on any atom is 0.246 e. The molecule has 0 aliphatic carbocycles. The maximum absolute atomic E-state index is 12.2. The van der Waals surface area contributed by atoms with E-state index < -0.39 is 0 Å². The summed E-state index contributed by atoms with van der Waals surface area (Å²) in [6.45, 7) is 1.39. The van der Waals surface area contributed by atoms with Gasteiger partial charge in [-0.3, -0.25) is 4.79 Å². The Morgan fingerprint density at radius 3 is 2.61 bits per heavy atom. The van der Waals surface area contributed by atoms with Crippen LogP contribution in [0.15, 0.2) is 54.7 Å². The Morgan fingerprint density at radius 2 is 1.91 bits per heavy atom. The second kappa shape index (κ2) is 7.54. The molecule has 5 heteroatoms. The van der Waals surface area contributed by atoms with Crippen molar-refractivity contribution in [1.82, 2.24) is 15.1 Å². The highest BCUT2D eigenvalue weighted by Gasteiger charge is 2.23. The summed E-state index contributed by atoms with van der Waals surface area (Å²) >= 11 is 0. The Morgan fingerprint density at radius 1 is 1.13 bits per heavy atom. The van der Waals surface area contributed by atoms with Crippen LogP contribution < -0.4 is 4.74 Å². The molecule has 1 aliphatic rings. The average molecular weight is 309 g/mol. The van der Waals surface area contributed by atoms with Crippen molar-refractivity contribution in [3.05, 3.63) is 60.3 Å². The molecule has 1 aromatic carbocycles. The smallest absolute Gasteiger partial charge is 0.246 e. The fourth-order valence-corrected chi connectivity index (χ4v) is 2.55. The molecule has 2 aromatic rings. The Labute approximate surface area is 135 Å². The monoisotopic (exact) mass is 309 g/mol. The van der Waals surface area contributed by atoms with Crippen molar-refractivity contribution in [3.63, 3.8) is 0 Å². The van der Waals surface area contributed by atoms with Gasteiger partial charge in [-0.15, -0.1) is 5.10 Å². The van der Waals surface area contributed by atoms with Gasteiger partial charge in [-0.05, 0) is 17.7 Å². The van der Waals surface area contributed by atoms with Gasteiger partial charge in [0, 0.05) is 44.3 Å². The van der Waals surface area contributed by atoms with Crippen molar-refractivity contribution in [1.29, 1.82) is 0 Å². The predicted molar refractivity (Wildman–Crippen MR) is 87.7 cm³/mol. The van der Waals surface area contributed by atoms with E-state index in [4.69, 9.17) is 4.74 Å². The van der Waals surface area contributed by atoms with Crippen LogP contribution in [0.25, 0.3) is 6.08 Å². The molecule has 3 rings (SSSR count). The van der Waals surface area contributed by atoms with Gasteiger partial charge in [0.25, 0.3) is 0 Å². The van der Waals surface area contributed by atoms with E-state index in [2.05, 4.69) is 10.2 Å². The molecule has 0 spiro atoms. The zero-order valence-electron chi connectivity index (χ0n) is 12.8. The van der Waals surface area contributed by atoms with Crippen LogP contribution in [-0.4, -0.2) is 40.2 Å². The van der Waals surface area contributed by atoms with Gasteiger partial charge in [-0.2, -0.15) is 5.10 Å². The van der Waals surface area contributed by atoms with Crippen molar-refractivity contribution in [3.8, 4) is 5.88 Å². The largest absolute Gasteiger partial charge is 0.473 e. The molecule has 0 N–H and O–H groups in total. The van der Waals surface area contributed by atoms with Crippen LogP contribution in [-0.2, 0) is 4.79 Å². The van der Waals surface area contributed by atoms with Crippen LogP contribution in [0.3, 0.4) is 0 Å². The van der Waals surface area contributed by atoms with E-state index in [1.165, 1.54) is 0 Å². The number of carbonyl (C=O) groups excluding carboxylic acids is 1. The first-order chi connectivity index (χ1) is 11.3. The molecule has 1 aliphatic heterocycles. The minimum atomic E-state index is 0.0480. The molecular formula is C18H19N3O2. The molecule has 5 nitrogen and oxygen atoms in total. The summed E-state index contributed by atoms with van der Waals surface area (Å²) in [5.41, 5.74) is 1.03. The zero-order valence-corrected chi connectivity index (χ0v) is 12.8.